The fraction of sp³-hybridized carbons (Fsp3) is 0.188. The van der Waals surface area contributed by atoms with Crippen molar-refractivity contribution in [1.82, 2.24) is 0 Å². The monoisotopic (exact) mass is 399 g/mol. The molecule has 0 fully saturated rings. The lowest BCUT2D eigenvalue weighted by Gasteiger charge is -2.37. The molecule has 3 nitrogen and oxygen atoms in total. The number of rotatable bonds is 2. The van der Waals surface area contributed by atoms with Crippen LogP contribution in [0.1, 0.15) is 17.2 Å². The molecule has 1 N–H and O–H groups in total. The van der Waals surface area contributed by atoms with Gasteiger partial charge in [0.15, 0.2) is 6.04 Å². The van der Waals surface area contributed by atoms with Crippen molar-refractivity contribution in [2.24, 2.45) is 0 Å². The predicted octanol–water partition coefficient (Wildman–Crippen LogP) is 4.94. The van der Waals surface area contributed by atoms with Crippen LogP contribution in [0.15, 0.2) is 40.9 Å². The van der Waals surface area contributed by atoms with Crippen LogP contribution in [-0.4, -0.2) is 17.6 Å². The molecule has 1 heterocycles. The minimum atomic E-state index is -0.894. The summed E-state index contributed by atoms with van der Waals surface area (Å²) in [7, 11) is 0. The molecular weight excluding hydrogens is 389 g/mol. The maximum Gasteiger partial charge on any atom is 0.331 e. The molecule has 0 aromatic heterocycles. The summed E-state index contributed by atoms with van der Waals surface area (Å²) in [5.74, 6) is -0.894. The Hall–Kier alpha value is -1.23. The summed E-state index contributed by atoms with van der Waals surface area (Å²) in [5, 5.41) is 10.7. The van der Waals surface area contributed by atoms with Crippen LogP contribution in [0.5, 0.6) is 0 Å². The van der Waals surface area contributed by atoms with Gasteiger partial charge < -0.3 is 10.0 Å². The van der Waals surface area contributed by atoms with E-state index in [1.165, 1.54) is 0 Å². The lowest BCUT2D eigenvalue weighted by molar-refractivity contribution is -0.138. The Balaban J connectivity index is 2.09. The summed E-state index contributed by atoms with van der Waals surface area (Å²) in [6.07, 6.45) is 0.761. The maximum atomic E-state index is 11.8. The number of halogens is 3. The first-order valence-corrected chi connectivity index (χ1v) is 8.25. The number of anilines is 1. The van der Waals surface area contributed by atoms with E-state index in [1.54, 1.807) is 18.2 Å². The molecule has 22 heavy (non-hydrogen) atoms. The third kappa shape index (κ3) is 2.83. The zero-order valence-electron chi connectivity index (χ0n) is 11.4. The van der Waals surface area contributed by atoms with Crippen LogP contribution in [0.3, 0.4) is 0 Å². The first-order valence-electron chi connectivity index (χ1n) is 6.70. The van der Waals surface area contributed by atoms with Crippen molar-refractivity contribution in [2.45, 2.75) is 12.5 Å². The number of fused-ring (bicyclic) bond motifs is 1. The average molecular weight is 401 g/mol. The second-order valence-corrected chi connectivity index (χ2v) is 6.88. The Bertz CT molecular complexity index is 751. The molecule has 2 aromatic rings. The summed E-state index contributed by atoms with van der Waals surface area (Å²) in [4.78, 5) is 13.7. The SMILES string of the molecule is O=C(O)[C@@H]1c2ccc(Br)cc2CCN1c1ccc(Cl)cc1Cl. The van der Waals surface area contributed by atoms with Crippen molar-refractivity contribution >= 4 is 50.8 Å². The van der Waals surface area contributed by atoms with Crippen LogP contribution in [0.2, 0.25) is 10.0 Å². The van der Waals surface area contributed by atoms with Crippen LogP contribution in [-0.2, 0) is 11.2 Å². The molecule has 0 radical (unpaired) electrons. The number of carbonyl (C=O) groups is 1. The van der Waals surface area contributed by atoms with Crippen molar-refractivity contribution < 1.29 is 9.90 Å². The molecule has 0 amide bonds. The number of nitrogens with zero attached hydrogens (tertiary/aromatic N) is 1. The summed E-state index contributed by atoms with van der Waals surface area (Å²) in [6, 6.07) is 10.1. The van der Waals surface area contributed by atoms with E-state index in [-0.39, 0.29) is 0 Å². The van der Waals surface area contributed by atoms with Crippen molar-refractivity contribution in [3.63, 3.8) is 0 Å². The molecule has 114 valence electrons. The Kier molecular flexibility index (Phi) is 4.35. The highest BCUT2D eigenvalue weighted by atomic mass is 79.9. The highest BCUT2D eigenvalue weighted by molar-refractivity contribution is 9.10. The molecule has 1 aliphatic heterocycles. The minimum Gasteiger partial charge on any atom is -0.479 e. The molecular formula is C16H12BrCl2NO2. The van der Waals surface area contributed by atoms with E-state index in [4.69, 9.17) is 23.2 Å². The van der Waals surface area contributed by atoms with Gasteiger partial charge in [0.25, 0.3) is 0 Å². The number of benzene rings is 2. The van der Waals surface area contributed by atoms with Crippen molar-refractivity contribution in [3.05, 3.63) is 62.0 Å². The summed E-state index contributed by atoms with van der Waals surface area (Å²) >= 11 is 15.6. The van der Waals surface area contributed by atoms with E-state index in [2.05, 4.69) is 15.9 Å². The van der Waals surface area contributed by atoms with Crippen molar-refractivity contribution in [3.8, 4) is 0 Å². The smallest absolute Gasteiger partial charge is 0.331 e. The molecule has 1 aliphatic rings. The Morgan fingerprint density at radius 1 is 1.23 bits per heavy atom. The van der Waals surface area contributed by atoms with E-state index in [0.717, 1.165) is 22.0 Å². The van der Waals surface area contributed by atoms with Gasteiger partial charge in [-0.2, -0.15) is 0 Å². The molecule has 1 atom stereocenters. The van der Waals surface area contributed by atoms with Gasteiger partial charge in [-0.25, -0.2) is 4.79 Å². The molecule has 0 saturated carbocycles. The number of carboxylic acids is 1. The summed E-state index contributed by atoms with van der Waals surface area (Å²) < 4.78 is 0.952. The largest absolute Gasteiger partial charge is 0.479 e. The zero-order valence-corrected chi connectivity index (χ0v) is 14.5. The molecule has 0 spiro atoms. The Labute approximate surface area is 146 Å². The number of hydrogen-bond acceptors (Lipinski definition) is 2. The summed E-state index contributed by atoms with van der Waals surface area (Å²) in [5.41, 5.74) is 2.53. The van der Waals surface area contributed by atoms with Gasteiger partial charge in [-0.15, -0.1) is 0 Å². The Morgan fingerprint density at radius 2 is 2.00 bits per heavy atom. The van der Waals surface area contributed by atoms with Crippen LogP contribution in [0.25, 0.3) is 0 Å². The van der Waals surface area contributed by atoms with Gasteiger partial charge in [-0.3, -0.25) is 0 Å². The fourth-order valence-electron chi connectivity index (χ4n) is 2.84. The molecule has 0 bridgehead atoms. The van der Waals surface area contributed by atoms with E-state index >= 15 is 0 Å². The quantitative estimate of drug-likeness (QED) is 0.775. The number of carboxylic acid groups (broad SMARTS) is 1. The standard InChI is InChI=1S/C16H12BrCl2NO2/c17-10-1-3-12-9(7-10)5-6-20(15(12)16(21)22)14-4-2-11(18)8-13(14)19/h1-4,7-8,15H,5-6H2,(H,21,22)/t15-/m0/s1. The van der Waals surface area contributed by atoms with Gasteiger partial charge in [0.05, 0.1) is 10.7 Å². The maximum absolute atomic E-state index is 11.8. The van der Waals surface area contributed by atoms with Crippen LogP contribution < -0.4 is 4.90 Å². The van der Waals surface area contributed by atoms with E-state index in [0.29, 0.717) is 22.3 Å². The van der Waals surface area contributed by atoms with Crippen LogP contribution in [0.4, 0.5) is 5.69 Å². The first kappa shape index (κ1) is 15.7. The van der Waals surface area contributed by atoms with Gasteiger partial charge in [0, 0.05) is 16.0 Å². The van der Waals surface area contributed by atoms with Gasteiger partial charge in [-0.05, 0) is 47.9 Å². The minimum absolute atomic E-state index is 0.458. The highest BCUT2D eigenvalue weighted by Gasteiger charge is 2.34. The van der Waals surface area contributed by atoms with E-state index < -0.39 is 12.0 Å². The third-order valence-electron chi connectivity index (χ3n) is 3.79. The molecule has 0 unspecified atom stereocenters. The fourth-order valence-corrected chi connectivity index (χ4v) is 3.76. The molecule has 6 heteroatoms. The highest BCUT2D eigenvalue weighted by Crippen LogP contribution is 2.39. The molecule has 0 saturated heterocycles. The van der Waals surface area contributed by atoms with E-state index in [1.807, 2.05) is 23.1 Å². The lowest BCUT2D eigenvalue weighted by atomic mass is 9.92. The van der Waals surface area contributed by atoms with Gasteiger partial charge >= 0.3 is 5.97 Å². The first-order chi connectivity index (χ1) is 10.5. The second-order valence-electron chi connectivity index (χ2n) is 5.12. The predicted molar refractivity (Wildman–Crippen MR) is 92.0 cm³/mol. The normalized spacial score (nSPS) is 17.2. The van der Waals surface area contributed by atoms with Gasteiger partial charge in [0.2, 0.25) is 0 Å². The van der Waals surface area contributed by atoms with Gasteiger partial charge in [-0.1, -0.05) is 45.2 Å². The summed E-state index contributed by atoms with van der Waals surface area (Å²) in [6.45, 7) is 0.585. The average Bonchev–Trinajstić information content (AvgIpc) is 2.46. The number of aliphatic carboxylic acids is 1. The van der Waals surface area contributed by atoms with Gasteiger partial charge in [0.1, 0.15) is 0 Å². The zero-order chi connectivity index (χ0) is 15.9. The molecule has 0 aliphatic carbocycles. The van der Waals surface area contributed by atoms with Crippen molar-refractivity contribution in [2.75, 3.05) is 11.4 Å². The van der Waals surface area contributed by atoms with E-state index in [9.17, 15) is 9.90 Å². The van der Waals surface area contributed by atoms with Crippen LogP contribution in [0, 0.1) is 0 Å². The van der Waals surface area contributed by atoms with Crippen LogP contribution >= 0.6 is 39.1 Å². The molecule has 2 aromatic carbocycles. The lowest BCUT2D eigenvalue weighted by Crippen LogP contribution is -2.40. The topological polar surface area (TPSA) is 40.5 Å². The third-order valence-corrected chi connectivity index (χ3v) is 4.82. The van der Waals surface area contributed by atoms with Crippen molar-refractivity contribution in [1.29, 1.82) is 0 Å². The number of hydrogen-bond donors (Lipinski definition) is 1. The second kappa shape index (κ2) is 6.11. The Morgan fingerprint density at radius 3 is 2.68 bits per heavy atom. The molecule has 3 rings (SSSR count).